The number of benzene rings is 1. The van der Waals surface area contributed by atoms with Crippen molar-refractivity contribution < 1.29 is 4.74 Å². The minimum absolute atomic E-state index is 0.584. The van der Waals surface area contributed by atoms with Gasteiger partial charge in [-0.1, -0.05) is 50.3 Å². The molecule has 2 aliphatic rings. The molecule has 28 heavy (non-hydrogen) atoms. The first-order valence-corrected chi connectivity index (χ1v) is 11.7. The second kappa shape index (κ2) is 11.4. The summed E-state index contributed by atoms with van der Waals surface area (Å²) >= 11 is 0. The van der Waals surface area contributed by atoms with Crippen LogP contribution in [0, 0.1) is 35.5 Å². The highest BCUT2D eigenvalue weighted by molar-refractivity contribution is 5.27. The summed E-state index contributed by atoms with van der Waals surface area (Å²) in [6, 6.07) is 8.56. The third kappa shape index (κ3) is 6.73. The average molecular weight is 379 g/mol. The van der Waals surface area contributed by atoms with E-state index in [9.17, 15) is 0 Å². The molecule has 0 N–H and O–H groups in total. The van der Waals surface area contributed by atoms with Crippen LogP contribution in [0.5, 0.6) is 5.75 Å². The Kier molecular flexibility index (Phi) is 8.53. The number of ether oxygens (including phenoxy) is 1. The predicted molar refractivity (Wildman–Crippen MR) is 119 cm³/mol. The molecule has 0 saturated heterocycles. The summed E-state index contributed by atoms with van der Waals surface area (Å²) in [5.74, 6) is 10.9. The molecule has 1 nitrogen and oxygen atoms in total. The summed E-state index contributed by atoms with van der Waals surface area (Å²) in [5, 5.41) is 0. The van der Waals surface area contributed by atoms with Gasteiger partial charge in [0.1, 0.15) is 5.75 Å². The van der Waals surface area contributed by atoms with Crippen LogP contribution in [-0.4, -0.2) is 6.61 Å². The molecule has 2 aliphatic carbocycles. The zero-order chi connectivity index (χ0) is 19.6. The van der Waals surface area contributed by atoms with Crippen molar-refractivity contribution in [3.8, 4) is 17.6 Å². The second-order valence-electron chi connectivity index (χ2n) is 8.86. The van der Waals surface area contributed by atoms with Gasteiger partial charge in [-0.05, 0) is 99.3 Å². The molecule has 3 rings (SSSR count). The van der Waals surface area contributed by atoms with Crippen LogP contribution in [0.25, 0.3) is 0 Å². The quantitative estimate of drug-likeness (QED) is 0.475. The number of aryl methyl sites for hydroxylation is 1. The van der Waals surface area contributed by atoms with Crippen LogP contribution >= 0.6 is 0 Å². The average Bonchev–Trinajstić information content (AvgIpc) is 2.77. The molecule has 0 heterocycles. The summed E-state index contributed by atoms with van der Waals surface area (Å²) in [7, 11) is 0. The molecule has 1 aromatic rings. The van der Waals surface area contributed by atoms with Gasteiger partial charge in [0, 0.05) is 5.92 Å². The summed E-state index contributed by atoms with van der Waals surface area (Å²) in [4.78, 5) is 0. The van der Waals surface area contributed by atoms with Crippen molar-refractivity contribution in [3.63, 3.8) is 0 Å². The molecule has 0 aromatic heterocycles. The summed E-state index contributed by atoms with van der Waals surface area (Å²) in [6.45, 7) is 5.37. The number of rotatable bonds is 6. The highest BCUT2D eigenvalue weighted by Gasteiger charge is 2.20. The molecule has 1 heteroatoms. The minimum atomic E-state index is 0.584. The third-order valence-electron chi connectivity index (χ3n) is 6.87. The van der Waals surface area contributed by atoms with Crippen molar-refractivity contribution >= 4 is 0 Å². The Hall–Kier alpha value is -1.68. The van der Waals surface area contributed by atoms with Gasteiger partial charge in [0.05, 0.1) is 6.61 Å². The molecule has 2 fully saturated rings. The highest BCUT2D eigenvalue weighted by Crippen LogP contribution is 2.31. The van der Waals surface area contributed by atoms with Gasteiger partial charge in [0.15, 0.2) is 0 Å². The maximum atomic E-state index is 6.01. The third-order valence-corrected chi connectivity index (χ3v) is 6.87. The molecule has 0 radical (unpaired) electrons. The van der Waals surface area contributed by atoms with E-state index in [1.165, 1.54) is 63.4 Å². The lowest BCUT2D eigenvalue weighted by atomic mass is 9.81. The van der Waals surface area contributed by atoms with Gasteiger partial charge >= 0.3 is 0 Å². The normalized spacial score (nSPS) is 27.9. The van der Waals surface area contributed by atoms with Crippen molar-refractivity contribution in [2.45, 2.75) is 78.1 Å². The van der Waals surface area contributed by atoms with Crippen molar-refractivity contribution in [2.24, 2.45) is 23.7 Å². The first-order valence-electron chi connectivity index (χ1n) is 11.7. The maximum Gasteiger partial charge on any atom is 0.119 e. The lowest BCUT2D eigenvalue weighted by Gasteiger charge is -2.25. The fourth-order valence-electron chi connectivity index (χ4n) is 4.65. The number of hydrogen-bond donors (Lipinski definition) is 0. The number of allylic oxidation sites excluding steroid dienone is 2. The topological polar surface area (TPSA) is 9.23 Å². The van der Waals surface area contributed by atoms with Crippen molar-refractivity contribution in [1.82, 2.24) is 0 Å². The maximum absolute atomic E-state index is 6.01. The van der Waals surface area contributed by atoms with Crippen molar-refractivity contribution in [2.75, 3.05) is 6.61 Å². The zero-order valence-corrected chi connectivity index (χ0v) is 18.0. The zero-order valence-electron chi connectivity index (χ0n) is 18.0. The van der Waals surface area contributed by atoms with Crippen molar-refractivity contribution in [1.29, 1.82) is 0 Å². The van der Waals surface area contributed by atoms with Gasteiger partial charge in [0.2, 0.25) is 0 Å². The first-order chi connectivity index (χ1) is 13.8. The Morgan fingerprint density at radius 1 is 0.893 bits per heavy atom. The predicted octanol–water partition coefficient (Wildman–Crippen LogP) is 7.21. The molecule has 2 saturated carbocycles. The molecule has 0 spiro atoms. The van der Waals surface area contributed by atoms with Crippen LogP contribution in [0.15, 0.2) is 36.4 Å². The van der Waals surface area contributed by atoms with Crippen LogP contribution in [0.2, 0.25) is 0 Å². The Bertz CT molecular complexity index is 644. The molecule has 0 aliphatic heterocycles. The lowest BCUT2D eigenvalue weighted by molar-refractivity contribution is 0.196. The van der Waals surface area contributed by atoms with Crippen LogP contribution < -0.4 is 4.74 Å². The van der Waals surface area contributed by atoms with E-state index in [1.807, 2.05) is 0 Å². The van der Waals surface area contributed by atoms with Gasteiger partial charge in [-0.2, -0.15) is 0 Å². The van der Waals surface area contributed by atoms with Crippen LogP contribution in [0.4, 0.5) is 0 Å². The van der Waals surface area contributed by atoms with Crippen LogP contribution in [0.3, 0.4) is 0 Å². The Balaban J connectivity index is 1.33. The Morgan fingerprint density at radius 2 is 1.57 bits per heavy atom. The van der Waals surface area contributed by atoms with E-state index >= 15 is 0 Å². The van der Waals surface area contributed by atoms with E-state index < -0.39 is 0 Å². The summed E-state index contributed by atoms with van der Waals surface area (Å²) in [5.41, 5.74) is 1.37. The molecule has 152 valence electrons. The van der Waals surface area contributed by atoms with E-state index in [4.69, 9.17) is 4.74 Å². The van der Waals surface area contributed by atoms with Gasteiger partial charge in [-0.25, -0.2) is 0 Å². The lowest BCUT2D eigenvalue weighted by Crippen LogP contribution is -2.19. The van der Waals surface area contributed by atoms with E-state index in [0.717, 1.165) is 30.6 Å². The first kappa shape index (κ1) is 21.0. The monoisotopic (exact) mass is 378 g/mol. The standard InChI is InChI=1S/C27H38O/c1-3-22-9-11-24(12-10-22)7-5-6-8-25-13-15-26(16-14-25)21-28-27-19-17-23(4-2)18-20-27/h5,7,17-20,22,24-26H,3-4,9-16,21H2,1-2H3/b7-5+/t22-,24-,25-,26-. The second-order valence-corrected chi connectivity index (χ2v) is 8.86. The van der Waals surface area contributed by atoms with E-state index in [2.05, 4.69) is 62.1 Å². The van der Waals surface area contributed by atoms with E-state index in [0.29, 0.717) is 11.8 Å². The summed E-state index contributed by atoms with van der Waals surface area (Å²) in [6.07, 6.45) is 17.5. The highest BCUT2D eigenvalue weighted by atomic mass is 16.5. The van der Waals surface area contributed by atoms with Gasteiger partial charge in [-0.15, -0.1) is 0 Å². The fourth-order valence-corrected chi connectivity index (χ4v) is 4.65. The molecule has 0 unspecified atom stereocenters. The Labute approximate surface area is 173 Å². The molecule has 1 aromatic carbocycles. The SMILES string of the molecule is CCc1ccc(OC[C@H]2CC[C@H](C#C/C=C/[C@H]3CC[C@H](CC)CC3)CC2)cc1. The van der Waals surface area contributed by atoms with Crippen molar-refractivity contribution in [3.05, 3.63) is 42.0 Å². The molecular formula is C27H38O. The molecule has 0 bridgehead atoms. The minimum Gasteiger partial charge on any atom is -0.493 e. The largest absolute Gasteiger partial charge is 0.493 e. The van der Waals surface area contributed by atoms with E-state index in [1.54, 1.807) is 0 Å². The molecular weight excluding hydrogens is 340 g/mol. The smallest absolute Gasteiger partial charge is 0.119 e. The summed E-state index contributed by atoms with van der Waals surface area (Å²) < 4.78 is 6.01. The van der Waals surface area contributed by atoms with Gasteiger partial charge in [0.25, 0.3) is 0 Å². The number of hydrogen-bond acceptors (Lipinski definition) is 1. The van der Waals surface area contributed by atoms with Gasteiger partial charge < -0.3 is 4.74 Å². The van der Waals surface area contributed by atoms with Crippen LogP contribution in [-0.2, 0) is 6.42 Å². The van der Waals surface area contributed by atoms with E-state index in [-0.39, 0.29) is 0 Å². The molecule has 0 atom stereocenters. The van der Waals surface area contributed by atoms with Gasteiger partial charge in [-0.3, -0.25) is 0 Å². The molecule has 0 amide bonds. The Morgan fingerprint density at radius 3 is 2.21 bits per heavy atom. The fraction of sp³-hybridized carbons (Fsp3) is 0.630. The van der Waals surface area contributed by atoms with Crippen LogP contribution in [0.1, 0.15) is 77.2 Å².